The third kappa shape index (κ3) is 6.39. The fraction of sp³-hybridized carbons (Fsp3) is 0.333. The van der Waals surface area contributed by atoms with E-state index in [-0.39, 0.29) is 17.4 Å². The summed E-state index contributed by atoms with van der Waals surface area (Å²) < 4.78 is 31.7. The molecule has 4 rings (SSSR count). The van der Waals surface area contributed by atoms with Crippen molar-refractivity contribution in [3.05, 3.63) is 59.9 Å². The summed E-state index contributed by atoms with van der Waals surface area (Å²) in [4.78, 5) is 45.9. The third-order valence-corrected chi connectivity index (χ3v) is 5.90. The van der Waals surface area contributed by atoms with Gasteiger partial charge >= 0.3 is 12.1 Å². The molecule has 1 aromatic heterocycles. The standard InChI is InChI=1S/C22H25N5O2.C2HF3O2/c1-22(2)13-27(10-9-26(22)3)21(29)16-5-4-6-17(11-16)25-20(28)15-7-8-18-19(12-15)24-14-23-18;3-2(4,5)1(6)7/h4-8,11-12,14H,9-10,13H2,1-3H3,(H,23,24)(H,25,28);(H,6,7). The second-order valence-corrected chi connectivity index (χ2v) is 8.93. The Hall–Kier alpha value is -3.93. The first kappa shape index (κ1) is 26.7. The number of aliphatic carboxylic acids is 1. The van der Waals surface area contributed by atoms with Gasteiger partial charge in [0.2, 0.25) is 0 Å². The van der Waals surface area contributed by atoms with Gasteiger partial charge in [-0.2, -0.15) is 13.2 Å². The minimum Gasteiger partial charge on any atom is -0.475 e. The van der Waals surface area contributed by atoms with Gasteiger partial charge in [0.25, 0.3) is 11.8 Å². The molecule has 1 fully saturated rings. The van der Waals surface area contributed by atoms with Crippen LogP contribution in [0.4, 0.5) is 18.9 Å². The Labute approximate surface area is 204 Å². The lowest BCUT2D eigenvalue weighted by Gasteiger charge is -2.45. The van der Waals surface area contributed by atoms with E-state index in [2.05, 4.69) is 41.1 Å². The van der Waals surface area contributed by atoms with Gasteiger partial charge in [-0.05, 0) is 57.3 Å². The number of piperazine rings is 1. The second kappa shape index (κ2) is 10.4. The number of rotatable bonds is 3. The van der Waals surface area contributed by atoms with Crippen molar-refractivity contribution < 1.29 is 32.7 Å². The van der Waals surface area contributed by atoms with Crippen LogP contribution in [0.2, 0.25) is 0 Å². The van der Waals surface area contributed by atoms with Crippen molar-refractivity contribution in [3.63, 3.8) is 0 Å². The number of carboxylic acid groups (broad SMARTS) is 1. The van der Waals surface area contributed by atoms with Gasteiger partial charge in [-0.15, -0.1) is 0 Å². The lowest BCUT2D eigenvalue weighted by atomic mass is 9.99. The highest BCUT2D eigenvalue weighted by atomic mass is 19.4. The largest absolute Gasteiger partial charge is 0.490 e. The average Bonchev–Trinajstić information content (AvgIpc) is 3.28. The van der Waals surface area contributed by atoms with Crippen molar-refractivity contribution in [2.45, 2.75) is 25.6 Å². The second-order valence-electron chi connectivity index (χ2n) is 8.93. The maximum atomic E-state index is 13.0. The summed E-state index contributed by atoms with van der Waals surface area (Å²) in [6.07, 6.45) is -3.49. The summed E-state index contributed by atoms with van der Waals surface area (Å²) in [5.41, 5.74) is 3.25. The molecule has 1 aliphatic heterocycles. The number of alkyl halides is 3. The zero-order chi connectivity index (χ0) is 26.7. The zero-order valence-electron chi connectivity index (χ0n) is 19.9. The molecule has 0 bridgehead atoms. The van der Waals surface area contributed by atoms with Crippen molar-refractivity contribution >= 4 is 34.5 Å². The summed E-state index contributed by atoms with van der Waals surface area (Å²) >= 11 is 0. The number of aromatic nitrogens is 2. The van der Waals surface area contributed by atoms with Gasteiger partial charge in [-0.25, -0.2) is 9.78 Å². The molecule has 2 heterocycles. The number of carboxylic acids is 1. The molecule has 1 aliphatic rings. The number of anilines is 1. The topological polar surface area (TPSA) is 119 Å². The molecule has 0 aliphatic carbocycles. The highest BCUT2D eigenvalue weighted by molar-refractivity contribution is 6.06. The highest BCUT2D eigenvalue weighted by Crippen LogP contribution is 2.22. The number of nitrogens with one attached hydrogen (secondary N) is 2. The molecule has 9 nitrogen and oxygen atoms in total. The normalized spacial score (nSPS) is 15.7. The number of hydrogen-bond acceptors (Lipinski definition) is 5. The number of carbonyl (C=O) groups is 3. The number of hydrogen-bond donors (Lipinski definition) is 3. The number of carbonyl (C=O) groups excluding carboxylic acids is 2. The van der Waals surface area contributed by atoms with E-state index in [0.29, 0.717) is 29.9 Å². The molecule has 12 heteroatoms. The van der Waals surface area contributed by atoms with Gasteiger partial charge in [0, 0.05) is 42.0 Å². The Kier molecular flexibility index (Phi) is 7.68. The number of likely N-dealkylation sites (N-methyl/N-ethyl adjacent to an activating group) is 1. The van der Waals surface area contributed by atoms with E-state index in [1.54, 1.807) is 48.8 Å². The Bertz CT molecular complexity index is 1270. The van der Waals surface area contributed by atoms with Crippen molar-refractivity contribution in [2.24, 2.45) is 0 Å². The minimum atomic E-state index is -5.08. The Morgan fingerprint density at radius 1 is 1.08 bits per heavy atom. The molecule has 36 heavy (non-hydrogen) atoms. The molecule has 192 valence electrons. The number of H-pyrrole nitrogens is 1. The summed E-state index contributed by atoms with van der Waals surface area (Å²) in [5.74, 6) is -3.00. The SMILES string of the molecule is CN1CCN(C(=O)c2cccc(NC(=O)c3ccc4nc[nH]c4c3)c2)CC1(C)C.O=C(O)C(F)(F)F. The van der Waals surface area contributed by atoms with Gasteiger partial charge < -0.3 is 20.3 Å². The first-order chi connectivity index (χ1) is 16.8. The number of fused-ring (bicyclic) bond motifs is 1. The minimum absolute atomic E-state index is 0.0128. The number of nitrogens with zero attached hydrogens (tertiary/aromatic N) is 3. The van der Waals surface area contributed by atoms with Crippen molar-refractivity contribution in [2.75, 3.05) is 32.0 Å². The van der Waals surface area contributed by atoms with Crippen LogP contribution >= 0.6 is 0 Å². The fourth-order valence-electron chi connectivity index (χ4n) is 3.61. The van der Waals surface area contributed by atoms with E-state index in [1.165, 1.54) is 0 Å². The van der Waals surface area contributed by atoms with Crippen LogP contribution in [0.15, 0.2) is 48.8 Å². The third-order valence-electron chi connectivity index (χ3n) is 5.90. The molecule has 2 amide bonds. The Morgan fingerprint density at radius 2 is 1.78 bits per heavy atom. The van der Waals surface area contributed by atoms with E-state index in [0.717, 1.165) is 17.6 Å². The van der Waals surface area contributed by atoms with Crippen LogP contribution in [0, 0.1) is 0 Å². The molecular weight excluding hydrogens is 479 g/mol. The molecule has 0 atom stereocenters. The van der Waals surface area contributed by atoms with Crippen LogP contribution < -0.4 is 5.32 Å². The predicted molar refractivity (Wildman–Crippen MR) is 127 cm³/mol. The molecule has 1 saturated heterocycles. The number of amides is 2. The van der Waals surface area contributed by atoms with Crippen molar-refractivity contribution in [3.8, 4) is 0 Å². The summed E-state index contributed by atoms with van der Waals surface area (Å²) in [6.45, 7) is 6.48. The smallest absolute Gasteiger partial charge is 0.475 e. The van der Waals surface area contributed by atoms with E-state index < -0.39 is 12.1 Å². The molecule has 3 aromatic rings. The quantitative estimate of drug-likeness (QED) is 0.501. The van der Waals surface area contributed by atoms with Gasteiger partial charge in [-0.1, -0.05) is 6.07 Å². The maximum Gasteiger partial charge on any atom is 0.490 e. The molecule has 3 N–H and O–H groups in total. The van der Waals surface area contributed by atoms with E-state index in [9.17, 15) is 22.8 Å². The average molecular weight is 505 g/mol. The van der Waals surface area contributed by atoms with E-state index in [1.807, 2.05) is 4.90 Å². The van der Waals surface area contributed by atoms with Gasteiger partial charge in [-0.3, -0.25) is 14.5 Å². The lowest BCUT2D eigenvalue weighted by molar-refractivity contribution is -0.192. The number of halogens is 3. The number of imidazole rings is 1. The molecular formula is C24H26F3N5O4. The van der Waals surface area contributed by atoms with Gasteiger partial charge in [0.15, 0.2) is 0 Å². The zero-order valence-corrected chi connectivity index (χ0v) is 19.9. The summed E-state index contributed by atoms with van der Waals surface area (Å²) in [5, 5.41) is 10.0. The van der Waals surface area contributed by atoms with Crippen molar-refractivity contribution in [1.82, 2.24) is 19.8 Å². The maximum absolute atomic E-state index is 13.0. The van der Waals surface area contributed by atoms with Crippen LogP contribution in [0.3, 0.4) is 0 Å². The fourth-order valence-corrected chi connectivity index (χ4v) is 3.61. The number of benzene rings is 2. The predicted octanol–water partition coefficient (Wildman–Crippen LogP) is 3.61. The first-order valence-electron chi connectivity index (χ1n) is 10.9. The highest BCUT2D eigenvalue weighted by Gasteiger charge is 2.38. The van der Waals surface area contributed by atoms with Crippen LogP contribution in [0.25, 0.3) is 11.0 Å². The van der Waals surface area contributed by atoms with E-state index in [4.69, 9.17) is 9.90 Å². The number of aromatic amines is 1. The van der Waals surface area contributed by atoms with Crippen LogP contribution in [-0.4, -0.2) is 81.1 Å². The van der Waals surface area contributed by atoms with Gasteiger partial charge in [0.05, 0.1) is 17.4 Å². The van der Waals surface area contributed by atoms with Crippen LogP contribution in [0.1, 0.15) is 34.6 Å². The summed E-state index contributed by atoms with van der Waals surface area (Å²) in [7, 11) is 2.08. The van der Waals surface area contributed by atoms with E-state index >= 15 is 0 Å². The monoisotopic (exact) mass is 505 g/mol. The summed E-state index contributed by atoms with van der Waals surface area (Å²) in [6, 6.07) is 12.4. The van der Waals surface area contributed by atoms with Crippen LogP contribution in [0.5, 0.6) is 0 Å². The van der Waals surface area contributed by atoms with Crippen molar-refractivity contribution in [1.29, 1.82) is 0 Å². The molecule has 0 radical (unpaired) electrons. The molecule has 0 unspecified atom stereocenters. The Morgan fingerprint density at radius 3 is 2.42 bits per heavy atom. The molecule has 0 spiro atoms. The van der Waals surface area contributed by atoms with Crippen LogP contribution in [-0.2, 0) is 4.79 Å². The van der Waals surface area contributed by atoms with Gasteiger partial charge in [0.1, 0.15) is 0 Å². The molecule has 2 aromatic carbocycles. The molecule has 0 saturated carbocycles. The Balaban J connectivity index is 0.000000454. The lowest BCUT2D eigenvalue weighted by Crippen LogP contribution is -2.58. The first-order valence-corrected chi connectivity index (χ1v) is 10.9.